The molecule has 1 saturated carbocycles. The predicted octanol–water partition coefficient (Wildman–Crippen LogP) is 4.83. The maximum absolute atomic E-state index is 11.8. The van der Waals surface area contributed by atoms with Gasteiger partial charge in [-0.3, -0.25) is 4.79 Å². The second-order valence-corrected chi connectivity index (χ2v) is 6.78. The van der Waals surface area contributed by atoms with Crippen LogP contribution in [0.1, 0.15) is 45.4 Å². The summed E-state index contributed by atoms with van der Waals surface area (Å²) in [6.45, 7) is 2.64. The Morgan fingerprint density at radius 1 is 1.43 bits per heavy atom. The lowest BCUT2D eigenvalue weighted by Gasteiger charge is -2.18. The van der Waals surface area contributed by atoms with Gasteiger partial charge in [-0.2, -0.15) is 5.10 Å². The standard InChI is InChI=1S/C17H22Cl2N2O2/c1-12-4-2-5-14(10-12)20-21-17(22)6-3-9-23-16-8-7-13(18)11-15(16)19/h7-8,11-12H,2-6,9-10H2,1H3,(H,21,22)/b20-14+. The van der Waals surface area contributed by atoms with Gasteiger partial charge in [-0.1, -0.05) is 30.1 Å². The molecule has 0 aromatic heterocycles. The van der Waals surface area contributed by atoms with E-state index in [-0.39, 0.29) is 5.91 Å². The molecule has 2 rings (SSSR count). The summed E-state index contributed by atoms with van der Waals surface area (Å²) in [5, 5.41) is 5.27. The van der Waals surface area contributed by atoms with Gasteiger partial charge >= 0.3 is 0 Å². The van der Waals surface area contributed by atoms with Crippen molar-refractivity contribution in [3.63, 3.8) is 0 Å². The van der Waals surface area contributed by atoms with Crippen molar-refractivity contribution in [3.8, 4) is 5.75 Å². The maximum Gasteiger partial charge on any atom is 0.240 e. The molecule has 0 radical (unpaired) electrons. The number of benzene rings is 1. The number of ether oxygens (including phenoxy) is 1. The minimum atomic E-state index is -0.0819. The number of hydrogen-bond acceptors (Lipinski definition) is 3. The van der Waals surface area contributed by atoms with Crippen LogP contribution in [-0.2, 0) is 4.79 Å². The lowest BCUT2D eigenvalue weighted by atomic mass is 9.89. The molecule has 23 heavy (non-hydrogen) atoms. The second kappa shape index (κ2) is 9.14. The molecular weight excluding hydrogens is 335 g/mol. The summed E-state index contributed by atoms with van der Waals surface area (Å²) in [4.78, 5) is 11.8. The van der Waals surface area contributed by atoms with E-state index < -0.39 is 0 Å². The molecular formula is C17H22Cl2N2O2. The topological polar surface area (TPSA) is 50.7 Å². The highest BCUT2D eigenvalue weighted by molar-refractivity contribution is 6.35. The van der Waals surface area contributed by atoms with Crippen molar-refractivity contribution < 1.29 is 9.53 Å². The lowest BCUT2D eigenvalue weighted by molar-refractivity contribution is -0.121. The van der Waals surface area contributed by atoms with E-state index in [0.29, 0.717) is 41.2 Å². The zero-order valence-electron chi connectivity index (χ0n) is 13.3. The van der Waals surface area contributed by atoms with Crippen molar-refractivity contribution in [1.29, 1.82) is 0 Å². The van der Waals surface area contributed by atoms with Crippen LogP contribution in [0, 0.1) is 5.92 Å². The smallest absolute Gasteiger partial charge is 0.240 e. The fourth-order valence-electron chi connectivity index (χ4n) is 2.57. The fourth-order valence-corrected chi connectivity index (χ4v) is 3.03. The number of amides is 1. The Balaban J connectivity index is 1.65. The van der Waals surface area contributed by atoms with Crippen LogP contribution in [0.3, 0.4) is 0 Å². The predicted molar refractivity (Wildman–Crippen MR) is 94.4 cm³/mol. The number of rotatable bonds is 6. The number of hydrazone groups is 1. The summed E-state index contributed by atoms with van der Waals surface area (Å²) in [6, 6.07) is 5.07. The van der Waals surface area contributed by atoms with Gasteiger partial charge in [-0.05, 0) is 56.2 Å². The third kappa shape index (κ3) is 6.40. The molecule has 0 heterocycles. The third-order valence-corrected chi connectivity index (χ3v) is 4.32. The average Bonchev–Trinajstić information content (AvgIpc) is 2.51. The van der Waals surface area contributed by atoms with Crippen LogP contribution in [0.15, 0.2) is 23.3 Å². The van der Waals surface area contributed by atoms with Crippen LogP contribution in [-0.4, -0.2) is 18.2 Å². The summed E-state index contributed by atoms with van der Waals surface area (Å²) >= 11 is 11.8. The molecule has 1 unspecified atom stereocenters. The first-order valence-electron chi connectivity index (χ1n) is 7.96. The molecule has 1 aliphatic carbocycles. The summed E-state index contributed by atoms with van der Waals surface area (Å²) < 4.78 is 5.54. The molecule has 0 bridgehead atoms. The average molecular weight is 357 g/mol. The van der Waals surface area contributed by atoms with Gasteiger partial charge in [0.15, 0.2) is 0 Å². The summed E-state index contributed by atoms with van der Waals surface area (Å²) in [5.74, 6) is 1.16. The monoisotopic (exact) mass is 356 g/mol. The van der Waals surface area contributed by atoms with E-state index in [2.05, 4.69) is 17.5 Å². The normalized spacial score (nSPS) is 19.6. The van der Waals surface area contributed by atoms with E-state index in [1.165, 1.54) is 6.42 Å². The molecule has 0 aliphatic heterocycles. The van der Waals surface area contributed by atoms with Crippen molar-refractivity contribution in [1.82, 2.24) is 5.43 Å². The Morgan fingerprint density at radius 3 is 3.00 bits per heavy atom. The van der Waals surface area contributed by atoms with E-state index in [1.54, 1.807) is 18.2 Å². The van der Waals surface area contributed by atoms with Crippen LogP contribution in [0.2, 0.25) is 10.0 Å². The van der Waals surface area contributed by atoms with Gasteiger partial charge in [0.25, 0.3) is 0 Å². The first-order valence-corrected chi connectivity index (χ1v) is 8.72. The van der Waals surface area contributed by atoms with E-state index in [9.17, 15) is 4.79 Å². The largest absolute Gasteiger partial charge is 0.492 e. The molecule has 0 spiro atoms. The van der Waals surface area contributed by atoms with E-state index in [0.717, 1.165) is 25.0 Å². The van der Waals surface area contributed by atoms with Gasteiger partial charge in [-0.25, -0.2) is 5.43 Å². The van der Waals surface area contributed by atoms with Crippen LogP contribution in [0.5, 0.6) is 5.75 Å². The Hall–Kier alpha value is -1.26. The molecule has 1 aromatic carbocycles. The Bertz CT molecular complexity index is 576. The highest BCUT2D eigenvalue weighted by Gasteiger charge is 2.14. The van der Waals surface area contributed by atoms with Crippen molar-refractivity contribution in [2.45, 2.75) is 45.4 Å². The Morgan fingerprint density at radius 2 is 2.26 bits per heavy atom. The van der Waals surface area contributed by atoms with Crippen LogP contribution in [0.25, 0.3) is 0 Å². The summed E-state index contributed by atoms with van der Waals surface area (Å²) in [6.07, 6.45) is 5.36. The van der Waals surface area contributed by atoms with Crippen molar-refractivity contribution in [3.05, 3.63) is 28.2 Å². The highest BCUT2D eigenvalue weighted by atomic mass is 35.5. The van der Waals surface area contributed by atoms with Gasteiger partial charge in [0, 0.05) is 17.2 Å². The number of nitrogens with one attached hydrogen (secondary N) is 1. The van der Waals surface area contributed by atoms with E-state index in [1.807, 2.05) is 0 Å². The third-order valence-electron chi connectivity index (χ3n) is 3.78. The van der Waals surface area contributed by atoms with E-state index >= 15 is 0 Å². The SMILES string of the molecule is CC1CCC/C(=N\NC(=O)CCCOc2ccc(Cl)cc2Cl)C1. The molecule has 1 aromatic rings. The van der Waals surface area contributed by atoms with Gasteiger partial charge < -0.3 is 4.74 Å². The zero-order valence-corrected chi connectivity index (χ0v) is 14.8. The minimum absolute atomic E-state index is 0.0819. The van der Waals surface area contributed by atoms with Gasteiger partial charge in [0.1, 0.15) is 5.75 Å². The number of carbonyl (C=O) groups is 1. The van der Waals surface area contributed by atoms with Crippen molar-refractivity contribution in [2.75, 3.05) is 6.61 Å². The highest BCUT2D eigenvalue weighted by Crippen LogP contribution is 2.27. The quantitative estimate of drug-likeness (QED) is 0.585. The van der Waals surface area contributed by atoms with Crippen LogP contribution in [0.4, 0.5) is 0 Å². The number of carbonyl (C=O) groups excluding carboxylic acids is 1. The number of halogens is 2. The Labute approximate surface area is 147 Å². The van der Waals surface area contributed by atoms with Gasteiger partial charge in [0.05, 0.1) is 11.6 Å². The van der Waals surface area contributed by atoms with Crippen LogP contribution >= 0.6 is 23.2 Å². The second-order valence-electron chi connectivity index (χ2n) is 5.94. The van der Waals surface area contributed by atoms with E-state index in [4.69, 9.17) is 27.9 Å². The molecule has 0 saturated heterocycles. The molecule has 6 heteroatoms. The van der Waals surface area contributed by atoms with Gasteiger partial charge in [-0.15, -0.1) is 0 Å². The molecule has 1 amide bonds. The molecule has 4 nitrogen and oxygen atoms in total. The van der Waals surface area contributed by atoms with Gasteiger partial charge in [0.2, 0.25) is 5.91 Å². The maximum atomic E-state index is 11.8. The van der Waals surface area contributed by atoms with Crippen LogP contribution < -0.4 is 10.2 Å². The number of nitrogens with zero attached hydrogens (tertiary/aromatic N) is 1. The minimum Gasteiger partial charge on any atom is -0.492 e. The zero-order chi connectivity index (χ0) is 16.7. The molecule has 126 valence electrons. The number of hydrogen-bond donors (Lipinski definition) is 1. The first kappa shape index (κ1) is 18.1. The molecule has 1 aliphatic rings. The molecule has 1 N–H and O–H groups in total. The molecule has 1 fully saturated rings. The summed E-state index contributed by atoms with van der Waals surface area (Å²) in [7, 11) is 0. The fraction of sp³-hybridized carbons (Fsp3) is 0.529. The van der Waals surface area contributed by atoms with Crippen molar-refractivity contribution in [2.24, 2.45) is 11.0 Å². The summed E-state index contributed by atoms with van der Waals surface area (Å²) in [5.41, 5.74) is 3.74. The first-order chi connectivity index (χ1) is 11.0. The lowest BCUT2D eigenvalue weighted by Crippen LogP contribution is -2.22. The molecule has 1 atom stereocenters. The van der Waals surface area contributed by atoms with Crippen molar-refractivity contribution >= 4 is 34.8 Å². The Kier molecular flexibility index (Phi) is 7.18.